The first-order chi connectivity index (χ1) is 13.0. The molecule has 134 valence electrons. The van der Waals surface area contributed by atoms with Gasteiger partial charge < -0.3 is 10.6 Å². The zero-order valence-corrected chi connectivity index (χ0v) is 15.5. The van der Waals surface area contributed by atoms with Crippen molar-refractivity contribution in [3.63, 3.8) is 0 Å². The van der Waals surface area contributed by atoms with Crippen molar-refractivity contribution in [1.29, 1.82) is 5.26 Å². The number of aryl methyl sites for hydroxylation is 3. The minimum atomic E-state index is -0.256. The highest BCUT2D eigenvalue weighted by atomic mass is 16.1. The van der Waals surface area contributed by atoms with E-state index in [1.165, 1.54) is 11.8 Å². The van der Waals surface area contributed by atoms with Crippen LogP contribution in [0.25, 0.3) is 0 Å². The molecule has 0 atom stereocenters. The number of nitrogens with one attached hydrogen (secondary N) is 2. The summed E-state index contributed by atoms with van der Waals surface area (Å²) >= 11 is 0. The minimum absolute atomic E-state index is 0.256. The number of amides is 1. The van der Waals surface area contributed by atoms with Crippen LogP contribution in [-0.4, -0.2) is 10.9 Å². The van der Waals surface area contributed by atoms with E-state index in [9.17, 15) is 4.79 Å². The van der Waals surface area contributed by atoms with Gasteiger partial charge in [-0.1, -0.05) is 17.7 Å². The average molecular weight is 356 g/mol. The molecule has 5 heteroatoms. The van der Waals surface area contributed by atoms with Crippen molar-refractivity contribution in [1.82, 2.24) is 4.98 Å². The molecule has 27 heavy (non-hydrogen) atoms. The molecule has 3 rings (SSSR count). The quantitative estimate of drug-likeness (QED) is 0.699. The van der Waals surface area contributed by atoms with Crippen molar-refractivity contribution in [3.8, 4) is 6.07 Å². The van der Waals surface area contributed by atoms with Gasteiger partial charge in [-0.05, 0) is 62.2 Å². The second-order valence-corrected chi connectivity index (χ2v) is 6.50. The normalized spacial score (nSPS) is 10.1. The highest BCUT2D eigenvalue weighted by Crippen LogP contribution is 2.26. The summed E-state index contributed by atoms with van der Waals surface area (Å²) in [5, 5.41) is 15.0. The summed E-state index contributed by atoms with van der Waals surface area (Å²) in [6, 6.07) is 14.8. The Morgan fingerprint density at radius 3 is 2.26 bits per heavy atom. The highest BCUT2D eigenvalue weighted by molar-refractivity contribution is 6.04. The molecule has 2 N–H and O–H groups in total. The van der Waals surface area contributed by atoms with E-state index in [2.05, 4.69) is 54.6 Å². The zero-order chi connectivity index (χ0) is 19.4. The van der Waals surface area contributed by atoms with Gasteiger partial charge in [0.1, 0.15) is 0 Å². The molecular formula is C22H20N4O. The minimum Gasteiger partial charge on any atom is -0.354 e. The van der Waals surface area contributed by atoms with Crippen LogP contribution in [0.2, 0.25) is 0 Å². The molecule has 1 aromatic heterocycles. The Morgan fingerprint density at radius 2 is 1.63 bits per heavy atom. The van der Waals surface area contributed by atoms with Crippen LogP contribution in [-0.2, 0) is 0 Å². The van der Waals surface area contributed by atoms with Crippen LogP contribution < -0.4 is 10.6 Å². The predicted molar refractivity (Wildman–Crippen MR) is 107 cm³/mol. The van der Waals surface area contributed by atoms with Crippen LogP contribution >= 0.6 is 0 Å². The van der Waals surface area contributed by atoms with E-state index >= 15 is 0 Å². The average Bonchev–Trinajstić information content (AvgIpc) is 2.65. The van der Waals surface area contributed by atoms with Gasteiger partial charge in [-0.25, -0.2) is 0 Å². The summed E-state index contributed by atoms with van der Waals surface area (Å²) in [5.74, 6) is -0.256. The summed E-state index contributed by atoms with van der Waals surface area (Å²) in [7, 11) is 0. The van der Waals surface area contributed by atoms with E-state index < -0.39 is 0 Å². The number of carbonyl (C=O) groups excluding carboxylic acids is 1. The molecule has 0 radical (unpaired) electrons. The predicted octanol–water partition coefficient (Wildman–Crippen LogP) is 4.87. The molecule has 0 fully saturated rings. The number of hydrogen-bond donors (Lipinski definition) is 2. The Morgan fingerprint density at radius 1 is 0.963 bits per heavy atom. The Kier molecular flexibility index (Phi) is 5.18. The molecule has 1 amide bonds. The summed E-state index contributed by atoms with van der Waals surface area (Å²) in [5.41, 5.74) is 6.88. The van der Waals surface area contributed by atoms with Crippen LogP contribution in [0.4, 0.5) is 17.1 Å². The first-order valence-corrected chi connectivity index (χ1v) is 8.57. The molecule has 3 aromatic rings. The van der Waals surface area contributed by atoms with Crippen molar-refractivity contribution in [2.75, 3.05) is 10.6 Å². The summed E-state index contributed by atoms with van der Waals surface area (Å²) in [6.07, 6.45) is 3.22. The van der Waals surface area contributed by atoms with Crippen molar-refractivity contribution in [2.45, 2.75) is 20.8 Å². The fourth-order valence-electron chi connectivity index (χ4n) is 2.99. The smallest absolute Gasteiger partial charge is 0.257 e. The SMILES string of the molecule is Cc1cc(C)c(Nc2cncc(C(=O)Nc3ccc(C#N)cc3)c2)c(C)c1. The molecule has 0 spiro atoms. The van der Waals surface area contributed by atoms with Gasteiger partial charge in [0.25, 0.3) is 5.91 Å². The van der Waals surface area contributed by atoms with Gasteiger partial charge in [-0.3, -0.25) is 9.78 Å². The van der Waals surface area contributed by atoms with Crippen molar-refractivity contribution in [3.05, 3.63) is 82.7 Å². The number of nitriles is 1. The van der Waals surface area contributed by atoms with Gasteiger partial charge in [0, 0.05) is 17.6 Å². The molecule has 5 nitrogen and oxygen atoms in total. The zero-order valence-electron chi connectivity index (χ0n) is 15.5. The van der Waals surface area contributed by atoms with E-state index in [1.807, 2.05) is 0 Å². The number of carbonyl (C=O) groups is 1. The number of rotatable bonds is 4. The van der Waals surface area contributed by atoms with Gasteiger partial charge in [0.2, 0.25) is 0 Å². The fourth-order valence-corrected chi connectivity index (χ4v) is 2.99. The molecule has 0 aliphatic rings. The molecule has 0 aliphatic heterocycles. The summed E-state index contributed by atoms with van der Waals surface area (Å²) in [6.45, 7) is 6.17. The molecule has 0 aliphatic carbocycles. The maximum absolute atomic E-state index is 12.5. The third kappa shape index (κ3) is 4.31. The van der Waals surface area contributed by atoms with Gasteiger partial charge >= 0.3 is 0 Å². The number of benzene rings is 2. The number of pyridine rings is 1. The first-order valence-electron chi connectivity index (χ1n) is 8.57. The molecular weight excluding hydrogens is 336 g/mol. The van der Waals surface area contributed by atoms with Crippen molar-refractivity contribution < 1.29 is 4.79 Å². The lowest BCUT2D eigenvalue weighted by Gasteiger charge is -2.14. The Labute approximate surface area is 158 Å². The molecule has 0 bridgehead atoms. The topological polar surface area (TPSA) is 77.8 Å². The van der Waals surface area contributed by atoms with Crippen LogP contribution in [0.5, 0.6) is 0 Å². The maximum Gasteiger partial charge on any atom is 0.257 e. The van der Waals surface area contributed by atoms with Crippen LogP contribution in [0.3, 0.4) is 0 Å². The second-order valence-electron chi connectivity index (χ2n) is 6.50. The lowest BCUT2D eigenvalue weighted by atomic mass is 10.0. The van der Waals surface area contributed by atoms with Crippen LogP contribution in [0.1, 0.15) is 32.6 Å². The number of anilines is 3. The number of aromatic nitrogens is 1. The third-order valence-corrected chi connectivity index (χ3v) is 4.22. The van der Waals surface area contributed by atoms with Crippen molar-refractivity contribution >= 4 is 23.0 Å². The second kappa shape index (κ2) is 7.71. The Bertz CT molecular complexity index is 1010. The van der Waals surface area contributed by atoms with Gasteiger partial charge in [0.15, 0.2) is 0 Å². The molecule has 2 aromatic carbocycles. The number of nitrogens with zero attached hydrogens (tertiary/aromatic N) is 2. The summed E-state index contributed by atoms with van der Waals surface area (Å²) < 4.78 is 0. The van der Waals surface area contributed by atoms with E-state index in [4.69, 9.17) is 5.26 Å². The highest BCUT2D eigenvalue weighted by Gasteiger charge is 2.10. The first kappa shape index (κ1) is 18.2. The number of hydrogen-bond acceptors (Lipinski definition) is 4. The van der Waals surface area contributed by atoms with E-state index in [1.54, 1.807) is 36.5 Å². The van der Waals surface area contributed by atoms with Gasteiger partial charge in [0.05, 0.1) is 29.1 Å². The molecule has 0 saturated carbocycles. The molecule has 0 unspecified atom stereocenters. The largest absolute Gasteiger partial charge is 0.354 e. The van der Waals surface area contributed by atoms with Gasteiger partial charge in [-0.2, -0.15) is 5.26 Å². The van der Waals surface area contributed by atoms with E-state index in [-0.39, 0.29) is 5.91 Å². The standard InChI is InChI=1S/C22H20N4O/c1-14-8-15(2)21(16(3)9-14)25-20-10-18(12-24-13-20)22(27)26-19-6-4-17(11-23)5-7-19/h4-10,12-13,25H,1-3H3,(H,26,27). The van der Waals surface area contributed by atoms with Gasteiger partial charge in [-0.15, -0.1) is 0 Å². The fraction of sp³-hybridized carbons (Fsp3) is 0.136. The third-order valence-electron chi connectivity index (χ3n) is 4.22. The monoisotopic (exact) mass is 356 g/mol. The molecule has 1 heterocycles. The van der Waals surface area contributed by atoms with Crippen LogP contribution in [0.15, 0.2) is 54.9 Å². The Hall–Kier alpha value is -3.65. The summed E-state index contributed by atoms with van der Waals surface area (Å²) in [4.78, 5) is 16.7. The van der Waals surface area contributed by atoms with E-state index in [0.717, 1.165) is 22.5 Å². The van der Waals surface area contributed by atoms with Crippen molar-refractivity contribution in [2.24, 2.45) is 0 Å². The van der Waals surface area contributed by atoms with Crippen LogP contribution in [0, 0.1) is 32.1 Å². The van der Waals surface area contributed by atoms with E-state index in [0.29, 0.717) is 16.8 Å². The lowest BCUT2D eigenvalue weighted by Crippen LogP contribution is -2.12. The molecule has 0 saturated heterocycles. The maximum atomic E-state index is 12.5. The lowest BCUT2D eigenvalue weighted by molar-refractivity contribution is 0.102. The Balaban J connectivity index is 1.79.